The van der Waals surface area contributed by atoms with Crippen molar-refractivity contribution in [2.24, 2.45) is 11.3 Å². The average Bonchev–Trinajstić information content (AvgIpc) is 4.01. The molecule has 3 fully saturated rings. The molecule has 0 radical (unpaired) electrons. The molecule has 2 aliphatic carbocycles. The number of sulfonamides is 1. The number of pyridine rings is 1. The summed E-state index contributed by atoms with van der Waals surface area (Å²) in [5, 5.41) is 6.49. The van der Waals surface area contributed by atoms with Gasteiger partial charge in [0.1, 0.15) is 23.6 Å². The van der Waals surface area contributed by atoms with E-state index in [1.807, 2.05) is 45.1 Å². The van der Waals surface area contributed by atoms with Gasteiger partial charge in [0.05, 0.1) is 48.2 Å². The van der Waals surface area contributed by atoms with E-state index >= 15 is 0 Å². The number of methoxy groups -OCH3 is 1. The number of hydrogen-bond acceptors (Lipinski definition) is 12. The maximum absolute atomic E-state index is 14.6. The average molecular weight is 792 g/mol. The van der Waals surface area contributed by atoms with Gasteiger partial charge in [0.15, 0.2) is 5.78 Å². The molecule has 4 heterocycles. The number of nitrogens with zero attached hydrogens (tertiary/aromatic N) is 3. The van der Waals surface area contributed by atoms with Crippen LogP contribution in [0.15, 0.2) is 47.1 Å². The molecule has 56 heavy (non-hydrogen) atoms. The van der Waals surface area contributed by atoms with Crippen molar-refractivity contribution in [2.75, 3.05) is 13.7 Å². The van der Waals surface area contributed by atoms with E-state index in [2.05, 4.69) is 15.2 Å². The largest absolute Gasteiger partial charge is 0.496 e. The summed E-state index contributed by atoms with van der Waals surface area (Å²) in [6.07, 6.45) is 8.65. The number of aryl methyl sites for hydroxylation is 1. The second kappa shape index (κ2) is 15.9. The Morgan fingerprint density at radius 1 is 1.07 bits per heavy atom. The smallest absolute Gasteiger partial charge is 0.290 e. The fourth-order valence-electron chi connectivity index (χ4n) is 7.91. The summed E-state index contributed by atoms with van der Waals surface area (Å²) in [6, 6.07) is 4.71. The van der Waals surface area contributed by atoms with Crippen LogP contribution in [-0.4, -0.2) is 90.2 Å². The standard InChI is InChI=1S/C40H49N5O10S/c1-23(2)53-35-19-34(28-14-15-32(52-4)24(3)36(28)43-35)54-26-18-30-31(46)21-40(39(49)44-56(50,51)27-12-13-27)20-25(40)10-8-6-5-7-9-11-29(38(48)45(30)22-26)42-37(47)33-16-17-41-55-33/h8,10,14-17,19,23,25-27,29-30H,5-7,9,11-13,18,20-22H2,1-4H3,(H,42,47)(H,44,49)/b10-8-/t25-,26+,29-,30-,40+/m0/s1. The van der Waals surface area contributed by atoms with Crippen molar-refractivity contribution in [3.05, 3.63) is 53.9 Å². The zero-order valence-electron chi connectivity index (χ0n) is 32.1. The highest BCUT2D eigenvalue weighted by molar-refractivity contribution is 7.90. The maximum Gasteiger partial charge on any atom is 0.290 e. The monoisotopic (exact) mass is 791 g/mol. The highest BCUT2D eigenvalue weighted by Gasteiger charge is 2.61. The molecule has 7 rings (SSSR count). The first-order valence-corrected chi connectivity index (χ1v) is 20.9. The Kier molecular flexibility index (Phi) is 11.1. The topological polar surface area (TPSA) is 196 Å². The number of amides is 3. The van der Waals surface area contributed by atoms with E-state index in [0.29, 0.717) is 66.8 Å². The molecule has 3 aromatic rings. The predicted octanol–water partition coefficient (Wildman–Crippen LogP) is 4.57. The molecule has 2 saturated carbocycles. The van der Waals surface area contributed by atoms with Gasteiger partial charge < -0.3 is 29.0 Å². The maximum atomic E-state index is 14.6. The number of rotatable bonds is 10. The molecule has 4 aliphatic rings. The lowest BCUT2D eigenvalue weighted by molar-refractivity contribution is -0.140. The van der Waals surface area contributed by atoms with Gasteiger partial charge in [-0.3, -0.25) is 23.9 Å². The molecule has 300 valence electrons. The molecule has 0 spiro atoms. The van der Waals surface area contributed by atoms with E-state index in [0.717, 1.165) is 18.4 Å². The molecule has 2 N–H and O–H groups in total. The lowest BCUT2D eigenvalue weighted by Crippen LogP contribution is -2.52. The van der Waals surface area contributed by atoms with Crippen LogP contribution < -0.4 is 24.2 Å². The number of carbonyl (C=O) groups is 4. The fourth-order valence-corrected chi connectivity index (χ4v) is 9.29. The van der Waals surface area contributed by atoms with Gasteiger partial charge in [-0.15, -0.1) is 0 Å². The van der Waals surface area contributed by atoms with Gasteiger partial charge in [-0.1, -0.05) is 30.2 Å². The van der Waals surface area contributed by atoms with Crippen molar-refractivity contribution in [1.82, 2.24) is 25.1 Å². The number of allylic oxidation sites excluding steroid dienone is 2. The fraction of sp³-hybridized carbons (Fsp3) is 0.550. The molecule has 15 nitrogen and oxygen atoms in total. The number of nitrogens with one attached hydrogen (secondary N) is 2. The van der Waals surface area contributed by atoms with Crippen molar-refractivity contribution in [3.63, 3.8) is 0 Å². The quantitative estimate of drug-likeness (QED) is 0.272. The van der Waals surface area contributed by atoms with Crippen LogP contribution in [0.2, 0.25) is 0 Å². The first kappa shape index (κ1) is 39.3. The summed E-state index contributed by atoms with van der Waals surface area (Å²) in [6.45, 7) is 5.66. The van der Waals surface area contributed by atoms with E-state index < -0.39 is 62.4 Å². The predicted molar refractivity (Wildman–Crippen MR) is 204 cm³/mol. The van der Waals surface area contributed by atoms with Crippen molar-refractivity contribution in [2.45, 2.75) is 115 Å². The van der Waals surface area contributed by atoms with E-state index in [1.54, 1.807) is 13.2 Å². The molecule has 0 unspecified atom stereocenters. The highest BCUT2D eigenvalue weighted by atomic mass is 32.2. The Balaban J connectivity index is 1.23. The molecule has 0 bridgehead atoms. The molecule has 2 aliphatic heterocycles. The minimum absolute atomic E-state index is 0.00181. The van der Waals surface area contributed by atoms with Gasteiger partial charge in [0.2, 0.25) is 33.5 Å². The summed E-state index contributed by atoms with van der Waals surface area (Å²) in [7, 11) is -2.29. The molecule has 3 amide bonds. The van der Waals surface area contributed by atoms with E-state index in [9.17, 15) is 27.6 Å². The SMILES string of the molecule is COc1ccc2c(O[C@@H]3C[C@H]4C(=O)C[C@]5(C(=O)NS(=O)(=O)C6CC6)C[C@@H]5/C=C\CCCCC[C@H](NC(=O)c5ccno5)C(=O)N4C3)cc(OC(C)C)nc2c1C. The number of benzene rings is 1. The summed E-state index contributed by atoms with van der Waals surface area (Å²) in [5.41, 5.74) is 0.110. The third-order valence-corrected chi connectivity index (χ3v) is 13.0. The van der Waals surface area contributed by atoms with Gasteiger partial charge in [-0.25, -0.2) is 13.4 Å². The van der Waals surface area contributed by atoms with Gasteiger partial charge >= 0.3 is 0 Å². The third kappa shape index (κ3) is 8.25. The number of carbonyl (C=O) groups excluding carboxylic acids is 4. The Morgan fingerprint density at radius 3 is 2.59 bits per heavy atom. The molecule has 16 heteroatoms. The summed E-state index contributed by atoms with van der Waals surface area (Å²) < 4.78 is 51.4. The number of ether oxygens (including phenoxy) is 3. The van der Waals surface area contributed by atoms with Crippen LogP contribution in [0.3, 0.4) is 0 Å². The lowest BCUT2D eigenvalue weighted by Gasteiger charge is -2.29. The third-order valence-electron chi connectivity index (χ3n) is 11.2. The van der Waals surface area contributed by atoms with E-state index in [-0.39, 0.29) is 37.2 Å². The van der Waals surface area contributed by atoms with Crippen LogP contribution in [0.5, 0.6) is 17.4 Å². The summed E-state index contributed by atoms with van der Waals surface area (Å²) >= 11 is 0. The van der Waals surface area contributed by atoms with E-state index in [1.165, 1.54) is 17.2 Å². The van der Waals surface area contributed by atoms with Crippen molar-refractivity contribution in [3.8, 4) is 17.4 Å². The normalized spacial score (nSPS) is 26.4. The number of ketones is 1. The van der Waals surface area contributed by atoms with E-state index in [4.69, 9.17) is 23.7 Å². The second-order valence-electron chi connectivity index (χ2n) is 15.7. The molecule has 1 saturated heterocycles. The summed E-state index contributed by atoms with van der Waals surface area (Å²) in [4.78, 5) is 62.5. The van der Waals surface area contributed by atoms with Crippen molar-refractivity contribution < 1.29 is 46.3 Å². The molecule has 5 atom stereocenters. The zero-order valence-corrected chi connectivity index (χ0v) is 32.9. The first-order valence-electron chi connectivity index (χ1n) is 19.4. The van der Waals surface area contributed by atoms with Gasteiger partial charge in [-0.2, -0.15) is 0 Å². The van der Waals surface area contributed by atoms with Crippen molar-refractivity contribution >= 4 is 44.4 Å². The van der Waals surface area contributed by atoms with Gasteiger partial charge in [0.25, 0.3) is 5.91 Å². The van der Waals surface area contributed by atoms with Gasteiger partial charge in [0, 0.05) is 35.9 Å². The van der Waals surface area contributed by atoms with Crippen LogP contribution >= 0.6 is 0 Å². The van der Waals surface area contributed by atoms with Crippen LogP contribution in [0, 0.1) is 18.3 Å². The lowest BCUT2D eigenvalue weighted by atomic mass is 9.91. The zero-order chi connectivity index (χ0) is 39.8. The minimum atomic E-state index is -3.87. The molecular formula is C40H49N5O10S. The van der Waals surface area contributed by atoms with Crippen LogP contribution in [-0.2, 0) is 24.4 Å². The minimum Gasteiger partial charge on any atom is -0.496 e. The molecule has 2 aromatic heterocycles. The molecular weight excluding hydrogens is 743 g/mol. The highest BCUT2D eigenvalue weighted by Crippen LogP contribution is 2.57. The summed E-state index contributed by atoms with van der Waals surface area (Å²) in [5.74, 6) is -1.15. The molecule has 1 aromatic carbocycles. The number of Topliss-reactive ketones (excluding diaryl/α,β-unsaturated/α-hetero) is 1. The number of aromatic nitrogens is 2. The van der Waals surface area contributed by atoms with Crippen molar-refractivity contribution in [1.29, 1.82) is 0 Å². The van der Waals surface area contributed by atoms with Crippen LogP contribution in [0.1, 0.15) is 94.2 Å². The number of fused-ring (bicyclic) bond motifs is 3. The first-order chi connectivity index (χ1) is 26.8. The van der Waals surface area contributed by atoms with Crippen LogP contribution in [0.4, 0.5) is 0 Å². The van der Waals surface area contributed by atoms with Gasteiger partial charge in [-0.05, 0) is 77.3 Å². The Hall–Kier alpha value is -4.99. The van der Waals surface area contributed by atoms with Crippen LogP contribution in [0.25, 0.3) is 10.9 Å². The Bertz CT molecular complexity index is 2130. The second-order valence-corrected chi connectivity index (χ2v) is 17.6. The number of hydrogen-bond donors (Lipinski definition) is 2. The Morgan fingerprint density at radius 2 is 1.88 bits per heavy atom. The Labute approximate surface area is 325 Å².